The standard InChI is InChI=1S/C13H17NO2/c1-10-8-14(7-6-13(10)16)12-4-2-11(9-15)3-5-12/h2-5,9-10,13,16H,6-8H2,1H3. The second-order valence-corrected chi connectivity index (χ2v) is 4.49. The van der Waals surface area contributed by atoms with Crippen molar-refractivity contribution in [3.63, 3.8) is 0 Å². The quantitative estimate of drug-likeness (QED) is 0.770. The van der Waals surface area contributed by atoms with Gasteiger partial charge in [-0.25, -0.2) is 0 Å². The number of anilines is 1. The number of rotatable bonds is 2. The second-order valence-electron chi connectivity index (χ2n) is 4.49. The number of hydrogen-bond donors (Lipinski definition) is 1. The molecule has 2 rings (SSSR count). The SMILES string of the molecule is CC1CN(c2ccc(C=O)cc2)CCC1O. The molecule has 1 N–H and O–H groups in total. The summed E-state index contributed by atoms with van der Waals surface area (Å²) in [6, 6.07) is 7.60. The van der Waals surface area contributed by atoms with Crippen molar-refractivity contribution in [3.8, 4) is 0 Å². The van der Waals surface area contributed by atoms with Crippen molar-refractivity contribution in [2.45, 2.75) is 19.4 Å². The van der Waals surface area contributed by atoms with Gasteiger partial charge in [0.2, 0.25) is 0 Å². The monoisotopic (exact) mass is 219 g/mol. The van der Waals surface area contributed by atoms with Gasteiger partial charge in [-0.2, -0.15) is 0 Å². The Labute approximate surface area is 95.7 Å². The molecule has 0 saturated carbocycles. The van der Waals surface area contributed by atoms with E-state index in [2.05, 4.69) is 11.8 Å². The molecule has 1 saturated heterocycles. The average molecular weight is 219 g/mol. The van der Waals surface area contributed by atoms with Gasteiger partial charge in [0.15, 0.2) is 0 Å². The summed E-state index contributed by atoms with van der Waals surface area (Å²) in [6.07, 6.45) is 1.49. The van der Waals surface area contributed by atoms with E-state index in [1.54, 1.807) is 0 Å². The maximum Gasteiger partial charge on any atom is 0.150 e. The molecule has 1 aliphatic rings. The number of nitrogens with zero attached hydrogens (tertiary/aromatic N) is 1. The normalized spacial score (nSPS) is 25.5. The first kappa shape index (κ1) is 11.1. The van der Waals surface area contributed by atoms with Gasteiger partial charge in [-0.1, -0.05) is 6.92 Å². The lowest BCUT2D eigenvalue weighted by molar-refractivity contribution is 0.0971. The minimum Gasteiger partial charge on any atom is -0.393 e. The van der Waals surface area contributed by atoms with Crippen molar-refractivity contribution in [2.75, 3.05) is 18.0 Å². The minimum absolute atomic E-state index is 0.175. The summed E-state index contributed by atoms with van der Waals surface area (Å²) < 4.78 is 0. The number of aliphatic hydroxyl groups is 1. The highest BCUT2D eigenvalue weighted by molar-refractivity contribution is 5.75. The van der Waals surface area contributed by atoms with Gasteiger partial charge < -0.3 is 10.0 Å². The molecule has 0 radical (unpaired) electrons. The van der Waals surface area contributed by atoms with Gasteiger partial charge in [-0.05, 0) is 36.6 Å². The summed E-state index contributed by atoms with van der Waals surface area (Å²) in [5, 5.41) is 9.65. The molecule has 1 aromatic carbocycles. The maximum absolute atomic E-state index is 10.5. The lowest BCUT2D eigenvalue weighted by atomic mass is 9.96. The van der Waals surface area contributed by atoms with Crippen LogP contribution in [-0.4, -0.2) is 30.6 Å². The van der Waals surface area contributed by atoms with E-state index >= 15 is 0 Å². The molecule has 1 fully saturated rings. The molecule has 0 aliphatic carbocycles. The number of carbonyl (C=O) groups is 1. The molecule has 16 heavy (non-hydrogen) atoms. The van der Waals surface area contributed by atoms with Crippen LogP contribution in [0.15, 0.2) is 24.3 Å². The Morgan fingerprint density at radius 3 is 2.62 bits per heavy atom. The van der Waals surface area contributed by atoms with Crippen LogP contribution >= 0.6 is 0 Å². The Balaban J connectivity index is 2.09. The zero-order chi connectivity index (χ0) is 11.5. The molecule has 0 bridgehead atoms. The number of benzene rings is 1. The molecule has 3 nitrogen and oxygen atoms in total. The summed E-state index contributed by atoms with van der Waals surface area (Å²) in [5.74, 6) is 0.305. The maximum atomic E-state index is 10.5. The third-order valence-corrected chi connectivity index (χ3v) is 3.25. The number of hydrogen-bond acceptors (Lipinski definition) is 3. The van der Waals surface area contributed by atoms with Crippen LogP contribution in [0.5, 0.6) is 0 Å². The Hall–Kier alpha value is -1.35. The van der Waals surface area contributed by atoms with Crippen molar-refractivity contribution in [2.24, 2.45) is 5.92 Å². The van der Waals surface area contributed by atoms with Crippen LogP contribution in [0, 0.1) is 5.92 Å². The highest BCUT2D eigenvalue weighted by Gasteiger charge is 2.24. The van der Waals surface area contributed by atoms with Crippen LogP contribution in [0.4, 0.5) is 5.69 Å². The molecule has 86 valence electrons. The highest BCUT2D eigenvalue weighted by atomic mass is 16.3. The summed E-state index contributed by atoms with van der Waals surface area (Å²) in [4.78, 5) is 12.8. The Morgan fingerprint density at radius 1 is 1.38 bits per heavy atom. The number of carbonyl (C=O) groups excluding carboxylic acids is 1. The molecule has 0 amide bonds. The molecular formula is C13H17NO2. The molecule has 1 heterocycles. The topological polar surface area (TPSA) is 40.5 Å². The molecule has 0 aromatic heterocycles. The fourth-order valence-corrected chi connectivity index (χ4v) is 2.13. The average Bonchev–Trinajstić information content (AvgIpc) is 2.33. The van der Waals surface area contributed by atoms with Crippen LogP contribution in [0.1, 0.15) is 23.7 Å². The first-order valence-electron chi connectivity index (χ1n) is 5.69. The zero-order valence-electron chi connectivity index (χ0n) is 9.47. The van der Waals surface area contributed by atoms with Crippen LogP contribution < -0.4 is 4.90 Å². The Morgan fingerprint density at radius 2 is 2.06 bits per heavy atom. The fraction of sp³-hybridized carbons (Fsp3) is 0.462. The molecular weight excluding hydrogens is 202 g/mol. The van der Waals surface area contributed by atoms with E-state index in [9.17, 15) is 9.90 Å². The van der Waals surface area contributed by atoms with Crippen LogP contribution in [0.25, 0.3) is 0 Å². The Bertz CT molecular complexity index is 361. The van der Waals surface area contributed by atoms with E-state index in [0.29, 0.717) is 11.5 Å². The third-order valence-electron chi connectivity index (χ3n) is 3.25. The molecule has 1 aromatic rings. The molecule has 2 unspecified atom stereocenters. The van der Waals surface area contributed by atoms with Crippen molar-refractivity contribution >= 4 is 12.0 Å². The lowest BCUT2D eigenvalue weighted by Gasteiger charge is -2.36. The fourth-order valence-electron chi connectivity index (χ4n) is 2.13. The van der Waals surface area contributed by atoms with Gasteiger partial charge in [0.05, 0.1) is 6.10 Å². The summed E-state index contributed by atoms with van der Waals surface area (Å²) in [6.45, 7) is 3.82. The van der Waals surface area contributed by atoms with Gasteiger partial charge >= 0.3 is 0 Å². The van der Waals surface area contributed by atoms with E-state index in [4.69, 9.17) is 0 Å². The van der Waals surface area contributed by atoms with Crippen LogP contribution in [0.2, 0.25) is 0 Å². The van der Waals surface area contributed by atoms with Gasteiger partial charge in [0.1, 0.15) is 6.29 Å². The van der Waals surface area contributed by atoms with E-state index in [1.165, 1.54) is 0 Å². The third kappa shape index (κ3) is 2.25. The van der Waals surface area contributed by atoms with Crippen LogP contribution in [0.3, 0.4) is 0 Å². The van der Waals surface area contributed by atoms with Gasteiger partial charge in [0, 0.05) is 24.3 Å². The lowest BCUT2D eigenvalue weighted by Crippen LogP contribution is -2.41. The van der Waals surface area contributed by atoms with E-state index in [1.807, 2.05) is 24.3 Å². The summed E-state index contributed by atoms with van der Waals surface area (Å²) >= 11 is 0. The van der Waals surface area contributed by atoms with E-state index in [-0.39, 0.29) is 6.10 Å². The predicted molar refractivity (Wildman–Crippen MR) is 63.8 cm³/mol. The number of piperidine rings is 1. The predicted octanol–water partition coefficient (Wildman–Crippen LogP) is 1.71. The second kappa shape index (κ2) is 4.66. The molecule has 2 atom stereocenters. The van der Waals surface area contributed by atoms with E-state index < -0.39 is 0 Å². The van der Waals surface area contributed by atoms with Gasteiger partial charge in [0.25, 0.3) is 0 Å². The Kier molecular flexibility index (Phi) is 3.25. The smallest absolute Gasteiger partial charge is 0.150 e. The minimum atomic E-state index is -0.175. The first-order chi connectivity index (χ1) is 7.70. The van der Waals surface area contributed by atoms with Crippen LogP contribution in [-0.2, 0) is 0 Å². The summed E-state index contributed by atoms with van der Waals surface area (Å²) in [5.41, 5.74) is 1.83. The van der Waals surface area contributed by atoms with Crippen molar-refractivity contribution < 1.29 is 9.90 Å². The largest absolute Gasteiger partial charge is 0.393 e. The first-order valence-corrected chi connectivity index (χ1v) is 5.69. The zero-order valence-corrected chi connectivity index (χ0v) is 9.47. The summed E-state index contributed by atoms with van der Waals surface area (Å²) in [7, 11) is 0. The number of aldehydes is 1. The molecule has 0 spiro atoms. The van der Waals surface area contributed by atoms with Gasteiger partial charge in [-0.3, -0.25) is 4.79 Å². The van der Waals surface area contributed by atoms with Crippen molar-refractivity contribution in [1.82, 2.24) is 0 Å². The molecule has 3 heteroatoms. The van der Waals surface area contributed by atoms with Crippen molar-refractivity contribution in [1.29, 1.82) is 0 Å². The molecule has 1 aliphatic heterocycles. The number of aliphatic hydroxyl groups excluding tert-OH is 1. The highest BCUT2D eigenvalue weighted by Crippen LogP contribution is 2.23. The van der Waals surface area contributed by atoms with E-state index in [0.717, 1.165) is 31.5 Å². The van der Waals surface area contributed by atoms with Gasteiger partial charge in [-0.15, -0.1) is 0 Å². The van der Waals surface area contributed by atoms with Crippen molar-refractivity contribution in [3.05, 3.63) is 29.8 Å².